The second-order valence-electron chi connectivity index (χ2n) is 4.85. The van der Waals surface area contributed by atoms with E-state index in [1.807, 2.05) is 0 Å². The summed E-state index contributed by atoms with van der Waals surface area (Å²) in [5.74, 6) is -1.34. The van der Waals surface area contributed by atoms with Gasteiger partial charge in [-0.05, 0) is 36.8 Å². The van der Waals surface area contributed by atoms with Gasteiger partial charge in [-0.15, -0.1) is 0 Å². The molecule has 1 N–H and O–H groups in total. The molecule has 1 atom stereocenters. The summed E-state index contributed by atoms with van der Waals surface area (Å²) in [4.78, 5) is 0. The van der Waals surface area contributed by atoms with E-state index in [0.29, 0.717) is 16.1 Å². The Morgan fingerprint density at radius 3 is 2.30 bits per heavy atom. The van der Waals surface area contributed by atoms with Gasteiger partial charge in [0.1, 0.15) is 11.6 Å². The van der Waals surface area contributed by atoms with Crippen LogP contribution in [0.2, 0.25) is 5.02 Å². The number of aliphatic hydroxyl groups is 1. The lowest BCUT2D eigenvalue weighted by atomic mass is 9.89. The Hall–Kier alpha value is -0.970. The van der Waals surface area contributed by atoms with Gasteiger partial charge in [-0.3, -0.25) is 0 Å². The molecular formula is C15H12BrClF2O. The van der Waals surface area contributed by atoms with Gasteiger partial charge in [0, 0.05) is 27.5 Å². The zero-order valence-corrected chi connectivity index (χ0v) is 13.0. The minimum atomic E-state index is -1.32. The third kappa shape index (κ3) is 3.57. The molecule has 0 radical (unpaired) electrons. The van der Waals surface area contributed by atoms with E-state index in [1.54, 1.807) is 25.1 Å². The van der Waals surface area contributed by atoms with Crippen LogP contribution in [0.4, 0.5) is 8.78 Å². The first-order valence-corrected chi connectivity index (χ1v) is 7.08. The second kappa shape index (κ2) is 5.80. The Morgan fingerprint density at radius 2 is 1.75 bits per heavy atom. The van der Waals surface area contributed by atoms with E-state index in [4.69, 9.17) is 11.6 Å². The molecule has 2 aromatic rings. The molecular weight excluding hydrogens is 350 g/mol. The summed E-state index contributed by atoms with van der Waals surface area (Å²) in [7, 11) is 0. The van der Waals surface area contributed by atoms with Crippen LogP contribution in [0, 0.1) is 11.6 Å². The highest BCUT2D eigenvalue weighted by molar-refractivity contribution is 9.10. The van der Waals surface area contributed by atoms with Gasteiger partial charge in [-0.1, -0.05) is 33.6 Å². The second-order valence-corrected chi connectivity index (χ2v) is 6.18. The fourth-order valence-corrected chi connectivity index (χ4v) is 3.01. The summed E-state index contributed by atoms with van der Waals surface area (Å²) < 4.78 is 27.2. The average molecular weight is 362 g/mol. The maximum atomic E-state index is 13.2. The molecule has 1 nitrogen and oxygen atoms in total. The fourth-order valence-electron chi connectivity index (χ4n) is 2.13. The molecule has 1 unspecified atom stereocenters. The normalized spacial score (nSPS) is 14.1. The van der Waals surface area contributed by atoms with Crippen LogP contribution >= 0.6 is 27.5 Å². The van der Waals surface area contributed by atoms with Crippen molar-refractivity contribution in [3.63, 3.8) is 0 Å². The highest BCUT2D eigenvalue weighted by atomic mass is 79.9. The van der Waals surface area contributed by atoms with Crippen LogP contribution in [0.25, 0.3) is 0 Å². The lowest BCUT2D eigenvalue weighted by molar-refractivity contribution is 0.0576. The summed E-state index contributed by atoms with van der Waals surface area (Å²) >= 11 is 9.39. The Labute approximate surface area is 129 Å². The van der Waals surface area contributed by atoms with Crippen LogP contribution in [-0.4, -0.2) is 5.11 Å². The molecule has 0 bridgehead atoms. The smallest absolute Gasteiger partial charge is 0.126 e. The van der Waals surface area contributed by atoms with Gasteiger partial charge in [-0.25, -0.2) is 8.78 Å². The zero-order valence-electron chi connectivity index (χ0n) is 10.6. The molecule has 0 aliphatic rings. The highest BCUT2D eigenvalue weighted by Crippen LogP contribution is 2.33. The predicted molar refractivity (Wildman–Crippen MR) is 78.8 cm³/mol. The third-order valence-corrected chi connectivity index (χ3v) is 3.79. The van der Waals surface area contributed by atoms with Gasteiger partial charge in [0.25, 0.3) is 0 Å². The first-order chi connectivity index (χ1) is 9.28. The van der Waals surface area contributed by atoms with Gasteiger partial charge in [-0.2, -0.15) is 0 Å². The Kier molecular flexibility index (Phi) is 4.47. The molecule has 0 saturated carbocycles. The van der Waals surface area contributed by atoms with Crippen molar-refractivity contribution in [2.45, 2.75) is 18.9 Å². The Balaban J connectivity index is 2.34. The molecule has 0 amide bonds. The maximum absolute atomic E-state index is 13.2. The van der Waals surface area contributed by atoms with E-state index in [0.717, 1.165) is 10.5 Å². The molecule has 0 aromatic heterocycles. The number of hydrogen-bond acceptors (Lipinski definition) is 1. The van der Waals surface area contributed by atoms with Gasteiger partial charge in [0.05, 0.1) is 5.60 Å². The summed E-state index contributed by atoms with van der Waals surface area (Å²) in [5.41, 5.74) is -0.448. The average Bonchev–Trinajstić information content (AvgIpc) is 2.25. The molecule has 0 saturated heterocycles. The Morgan fingerprint density at radius 1 is 1.15 bits per heavy atom. The van der Waals surface area contributed by atoms with Crippen LogP contribution in [0.5, 0.6) is 0 Å². The predicted octanol–water partition coefficient (Wildman–Crippen LogP) is 4.83. The van der Waals surface area contributed by atoms with Crippen molar-refractivity contribution in [3.8, 4) is 0 Å². The van der Waals surface area contributed by atoms with Crippen LogP contribution in [-0.2, 0) is 12.0 Å². The molecule has 5 heteroatoms. The first kappa shape index (κ1) is 15.4. The van der Waals surface area contributed by atoms with Crippen LogP contribution < -0.4 is 0 Å². The van der Waals surface area contributed by atoms with Crippen LogP contribution in [0.1, 0.15) is 18.1 Å². The van der Waals surface area contributed by atoms with Gasteiger partial charge < -0.3 is 5.11 Å². The lowest BCUT2D eigenvalue weighted by Gasteiger charge is -2.25. The van der Waals surface area contributed by atoms with Crippen molar-refractivity contribution >= 4 is 27.5 Å². The molecule has 2 aromatic carbocycles. The number of hydrogen-bond donors (Lipinski definition) is 1. The van der Waals surface area contributed by atoms with Crippen molar-refractivity contribution < 1.29 is 13.9 Å². The fraction of sp³-hybridized carbons (Fsp3) is 0.200. The third-order valence-electron chi connectivity index (χ3n) is 2.98. The largest absolute Gasteiger partial charge is 0.385 e. The topological polar surface area (TPSA) is 20.2 Å². The molecule has 106 valence electrons. The molecule has 0 heterocycles. The summed E-state index contributed by atoms with van der Waals surface area (Å²) in [5, 5.41) is 10.9. The summed E-state index contributed by atoms with van der Waals surface area (Å²) in [6.45, 7) is 1.56. The van der Waals surface area contributed by atoms with E-state index in [-0.39, 0.29) is 6.42 Å². The van der Waals surface area contributed by atoms with Gasteiger partial charge >= 0.3 is 0 Å². The molecule has 0 spiro atoms. The number of rotatable bonds is 3. The molecule has 0 fully saturated rings. The van der Waals surface area contributed by atoms with Crippen molar-refractivity contribution in [3.05, 3.63) is 68.7 Å². The summed E-state index contributed by atoms with van der Waals surface area (Å²) in [6.07, 6.45) is 0.0586. The SMILES string of the molecule is CC(O)(Cc1cc(F)cc(F)c1)c1ccc(Br)cc1Cl. The van der Waals surface area contributed by atoms with E-state index in [1.165, 1.54) is 12.1 Å². The minimum absolute atomic E-state index is 0.0586. The van der Waals surface area contributed by atoms with Gasteiger partial charge in [0.15, 0.2) is 0 Å². The van der Waals surface area contributed by atoms with Crippen molar-refractivity contribution in [1.82, 2.24) is 0 Å². The number of benzene rings is 2. The van der Waals surface area contributed by atoms with E-state index in [9.17, 15) is 13.9 Å². The zero-order chi connectivity index (χ0) is 14.9. The van der Waals surface area contributed by atoms with Crippen molar-refractivity contribution in [1.29, 1.82) is 0 Å². The van der Waals surface area contributed by atoms with Crippen molar-refractivity contribution in [2.24, 2.45) is 0 Å². The highest BCUT2D eigenvalue weighted by Gasteiger charge is 2.26. The number of halogens is 4. The van der Waals surface area contributed by atoms with E-state index in [2.05, 4.69) is 15.9 Å². The lowest BCUT2D eigenvalue weighted by Crippen LogP contribution is -2.25. The first-order valence-electron chi connectivity index (χ1n) is 5.91. The quantitative estimate of drug-likeness (QED) is 0.830. The minimum Gasteiger partial charge on any atom is -0.385 e. The molecule has 20 heavy (non-hydrogen) atoms. The molecule has 0 aliphatic heterocycles. The molecule has 2 rings (SSSR count). The van der Waals surface area contributed by atoms with E-state index >= 15 is 0 Å². The standard InChI is InChI=1S/C15H12BrClF2O/c1-15(20,13-3-2-10(16)6-14(13)17)8-9-4-11(18)7-12(19)5-9/h2-7,20H,8H2,1H3. The monoisotopic (exact) mass is 360 g/mol. The van der Waals surface area contributed by atoms with E-state index < -0.39 is 17.2 Å². The Bertz CT molecular complexity index is 624. The van der Waals surface area contributed by atoms with Crippen LogP contribution in [0.15, 0.2) is 40.9 Å². The summed E-state index contributed by atoms with van der Waals surface area (Å²) in [6, 6.07) is 8.29. The molecule has 0 aliphatic carbocycles. The maximum Gasteiger partial charge on any atom is 0.126 e. The van der Waals surface area contributed by atoms with Gasteiger partial charge in [0.2, 0.25) is 0 Å². The van der Waals surface area contributed by atoms with Crippen molar-refractivity contribution in [2.75, 3.05) is 0 Å². The van der Waals surface area contributed by atoms with Crippen LogP contribution in [0.3, 0.4) is 0 Å².